The Morgan fingerprint density at radius 1 is 1.50 bits per heavy atom. The van der Waals surface area contributed by atoms with E-state index in [4.69, 9.17) is 0 Å². The van der Waals surface area contributed by atoms with E-state index in [9.17, 15) is 9.18 Å². The third-order valence-corrected chi connectivity index (χ3v) is 2.76. The van der Waals surface area contributed by atoms with Gasteiger partial charge in [-0.05, 0) is 25.1 Å². The van der Waals surface area contributed by atoms with Gasteiger partial charge < -0.3 is 15.2 Å². The largest absolute Gasteiger partial charge is 0.336 e. The van der Waals surface area contributed by atoms with Gasteiger partial charge in [-0.3, -0.25) is 4.79 Å². The summed E-state index contributed by atoms with van der Waals surface area (Å²) in [5.41, 5.74) is 0.457. The van der Waals surface area contributed by atoms with E-state index in [0.717, 1.165) is 6.54 Å². The van der Waals surface area contributed by atoms with Gasteiger partial charge in [0.05, 0.1) is 12.9 Å². The van der Waals surface area contributed by atoms with Crippen molar-refractivity contribution in [2.24, 2.45) is 0 Å². The number of amides is 1. The minimum Gasteiger partial charge on any atom is -0.336 e. The molecule has 20 heavy (non-hydrogen) atoms. The molecule has 6 heteroatoms. The predicted octanol–water partition coefficient (Wildman–Crippen LogP) is 1.64. The fraction of sp³-hybridized carbons (Fsp3) is 0.286. The second-order valence-electron chi connectivity index (χ2n) is 4.60. The van der Waals surface area contributed by atoms with E-state index in [0.29, 0.717) is 5.69 Å². The number of hydrogen-bond acceptors (Lipinski definition) is 3. The van der Waals surface area contributed by atoms with Crippen LogP contribution in [0.25, 0.3) is 0 Å². The summed E-state index contributed by atoms with van der Waals surface area (Å²) in [5.74, 6) is -0.572. The van der Waals surface area contributed by atoms with E-state index in [-0.39, 0.29) is 24.3 Å². The van der Waals surface area contributed by atoms with Crippen LogP contribution in [0.1, 0.15) is 6.92 Å². The number of benzene rings is 1. The van der Waals surface area contributed by atoms with Crippen LogP contribution >= 0.6 is 0 Å². The first kappa shape index (κ1) is 14.2. The molecule has 2 N–H and O–H groups in total. The van der Waals surface area contributed by atoms with Gasteiger partial charge in [-0.2, -0.15) is 0 Å². The van der Waals surface area contributed by atoms with Gasteiger partial charge in [-0.25, -0.2) is 9.37 Å². The molecule has 1 aromatic carbocycles. The van der Waals surface area contributed by atoms with Crippen molar-refractivity contribution in [3.8, 4) is 0 Å². The summed E-state index contributed by atoms with van der Waals surface area (Å²) in [6, 6.07) is 5.95. The molecule has 0 aliphatic rings. The van der Waals surface area contributed by atoms with Crippen molar-refractivity contribution in [2.75, 3.05) is 11.9 Å². The molecule has 106 valence electrons. The summed E-state index contributed by atoms with van der Waals surface area (Å²) in [6.07, 6.45) is 5.30. The van der Waals surface area contributed by atoms with Gasteiger partial charge in [0.2, 0.25) is 5.91 Å². The molecule has 1 aromatic heterocycles. The Bertz CT molecular complexity index is 556. The molecule has 1 heterocycles. The van der Waals surface area contributed by atoms with Gasteiger partial charge in [0.25, 0.3) is 0 Å². The standard InChI is InChI=1S/C14H17FN4O/c1-11(9-19-6-5-16-10-19)17-8-14(20)18-13-4-2-3-12(15)7-13/h2-7,10-11,17H,8-9H2,1H3,(H,18,20). The quantitative estimate of drug-likeness (QED) is 0.843. The molecule has 2 rings (SSSR count). The maximum absolute atomic E-state index is 13.0. The van der Waals surface area contributed by atoms with Crippen LogP contribution in [0, 0.1) is 5.82 Å². The minimum atomic E-state index is -0.371. The van der Waals surface area contributed by atoms with Crippen LogP contribution in [0.3, 0.4) is 0 Å². The zero-order valence-corrected chi connectivity index (χ0v) is 11.2. The Kier molecular flexibility index (Phi) is 4.84. The average molecular weight is 276 g/mol. The Morgan fingerprint density at radius 3 is 3.05 bits per heavy atom. The zero-order valence-electron chi connectivity index (χ0n) is 11.2. The number of carbonyl (C=O) groups excluding carboxylic acids is 1. The Hall–Kier alpha value is -2.21. The normalized spacial score (nSPS) is 12.1. The Labute approximate surface area is 116 Å². The van der Waals surface area contributed by atoms with E-state index < -0.39 is 0 Å². The molecule has 1 atom stereocenters. The summed E-state index contributed by atoms with van der Waals surface area (Å²) in [5, 5.41) is 5.74. The highest BCUT2D eigenvalue weighted by molar-refractivity contribution is 5.92. The third-order valence-electron chi connectivity index (χ3n) is 2.76. The molecule has 1 amide bonds. The molecular formula is C14H17FN4O. The van der Waals surface area contributed by atoms with Crippen molar-refractivity contribution in [1.82, 2.24) is 14.9 Å². The molecule has 0 spiro atoms. The van der Waals surface area contributed by atoms with E-state index in [1.54, 1.807) is 24.7 Å². The number of aromatic nitrogens is 2. The van der Waals surface area contributed by atoms with E-state index in [1.165, 1.54) is 12.1 Å². The fourth-order valence-electron chi connectivity index (χ4n) is 1.81. The van der Waals surface area contributed by atoms with Crippen LogP contribution < -0.4 is 10.6 Å². The van der Waals surface area contributed by atoms with Crippen molar-refractivity contribution in [1.29, 1.82) is 0 Å². The lowest BCUT2D eigenvalue weighted by Gasteiger charge is -2.14. The van der Waals surface area contributed by atoms with Gasteiger partial charge in [0.1, 0.15) is 5.82 Å². The highest BCUT2D eigenvalue weighted by Gasteiger charge is 2.06. The second kappa shape index (κ2) is 6.81. The smallest absolute Gasteiger partial charge is 0.238 e. The lowest BCUT2D eigenvalue weighted by Crippen LogP contribution is -2.36. The molecule has 2 aromatic rings. The maximum atomic E-state index is 13.0. The number of halogens is 1. The summed E-state index contributed by atoms with van der Waals surface area (Å²) in [6.45, 7) is 2.88. The first-order chi connectivity index (χ1) is 9.63. The van der Waals surface area contributed by atoms with E-state index in [1.807, 2.05) is 17.7 Å². The first-order valence-corrected chi connectivity index (χ1v) is 6.38. The van der Waals surface area contributed by atoms with Gasteiger partial charge in [0, 0.05) is 30.7 Å². The molecule has 0 bridgehead atoms. The van der Waals surface area contributed by atoms with Crippen molar-refractivity contribution >= 4 is 11.6 Å². The van der Waals surface area contributed by atoms with E-state index in [2.05, 4.69) is 15.6 Å². The van der Waals surface area contributed by atoms with Crippen LogP contribution in [0.2, 0.25) is 0 Å². The molecular weight excluding hydrogens is 259 g/mol. The number of carbonyl (C=O) groups is 1. The van der Waals surface area contributed by atoms with Crippen LogP contribution in [-0.2, 0) is 11.3 Å². The van der Waals surface area contributed by atoms with Crippen LogP contribution in [-0.4, -0.2) is 28.0 Å². The Balaban J connectivity index is 1.74. The molecule has 0 radical (unpaired) electrons. The van der Waals surface area contributed by atoms with Crippen molar-refractivity contribution in [2.45, 2.75) is 19.5 Å². The molecule has 0 fully saturated rings. The summed E-state index contributed by atoms with van der Waals surface area (Å²) in [4.78, 5) is 15.7. The first-order valence-electron chi connectivity index (χ1n) is 6.38. The maximum Gasteiger partial charge on any atom is 0.238 e. The Morgan fingerprint density at radius 2 is 2.35 bits per heavy atom. The minimum absolute atomic E-state index is 0.127. The van der Waals surface area contributed by atoms with Gasteiger partial charge in [-0.1, -0.05) is 6.07 Å². The lowest BCUT2D eigenvalue weighted by molar-refractivity contribution is -0.115. The van der Waals surface area contributed by atoms with E-state index >= 15 is 0 Å². The molecule has 1 unspecified atom stereocenters. The van der Waals surface area contributed by atoms with Crippen LogP contribution in [0.5, 0.6) is 0 Å². The summed E-state index contributed by atoms with van der Waals surface area (Å²) < 4.78 is 14.9. The predicted molar refractivity (Wildman–Crippen MR) is 74.7 cm³/mol. The number of nitrogens with zero attached hydrogens (tertiary/aromatic N) is 2. The number of anilines is 1. The highest BCUT2D eigenvalue weighted by atomic mass is 19.1. The number of hydrogen-bond donors (Lipinski definition) is 2. The van der Waals surface area contributed by atoms with Gasteiger partial charge >= 0.3 is 0 Å². The zero-order chi connectivity index (χ0) is 14.4. The van der Waals surface area contributed by atoms with Crippen LogP contribution in [0.15, 0.2) is 43.0 Å². The number of rotatable bonds is 6. The lowest BCUT2D eigenvalue weighted by atomic mass is 10.3. The molecule has 5 nitrogen and oxygen atoms in total. The van der Waals surface area contributed by atoms with Crippen molar-refractivity contribution < 1.29 is 9.18 Å². The highest BCUT2D eigenvalue weighted by Crippen LogP contribution is 2.08. The molecule has 0 saturated heterocycles. The topological polar surface area (TPSA) is 59.0 Å². The van der Waals surface area contributed by atoms with Crippen LogP contribution in [0.4, 0.5) is 10.1 Å². The molecule has 0 aliphatic carbocycles. The molecule has 0 saturated carbocycles. The monoisotopic (exact) mass is 276 g/mol. The number of nitrogens with one attached hydrogen (secondary N) is 2. The number of imidazole rings is 1. The molecule has 0 aliphatic heterocycles. The second-order valence-corrected chi connectivity index (χ2v) is 4.60. The van der Waals surface area contributed by atoms with Crippen molar-refractivity contribution in [3.05, 3.63) is 48.8 Å². The van der Waals surface area contributed by atoms with Gasteiger partial charge in [0.15, 0.2) is 0 Å². The average Bonchev–Trinajstić information content (AvgIpc) is 2.89. The fourth-order valence-corrected chi connectivity index (χ4v) is 1.81. The SMILES string of the molecule is CC(Cn1ccnc1)NCC(=O)Nc1cccc(F)c1. The van der Waals surface area contributed by atoms with Gasteiger partial charge in [-0.15, -0.1) is 0 Å². The summed E-state index contributed by atoms with van der Waals surface area (Å²) >= 11 is 0. The third kappa shape index (κ3) is 4.47. The summed E-state index contributed by atoms with van der Waals surface area (Å²) in [7, 11) is 0. The van der Waals surface area contributed by atoms with Crippen molar-refractivity contribution in [3.63, 3.8) is 0 Å².